The maximum Gasteiger partial charge on any atom is 0.312 e. The van der Waals surface area contributed by atoms with E-state index in [0.29, 0.717) is 31.2 Å². The number of esters is 1. The third-order valence-electron chi connectivity index (χ3n) is 8.94. The zero-order valence-corrected chi connectivity index (χ0v) is 23.6. The molecule has 1 aromatic heterocycles. The lowest BCUT2D eigenvalue weighted by atomic mass is 9.65. The summed E-state index contributed by atoms with van der Waals surface area (Å²) in [5.74, 6) is -2.85. The maximum absolute atomic E-state index is 14.4. The van der Waals surface area contributed by atoms with E-state index in [0.717, 1.165) is 18.4 Å². The van der Waals surface area contributed by atoms with Crippen LogP contribution in [0.15, 0.2) is 49.6 Å². The molecule has 2 amide bonds. The van der Waals surface area contributed by atoms with Gasteiger partial charge < -0.3 is 24.4 Å². The van der Waals surface area contributed by atoms with Crippen LogP contribution in [0.3, 0.4) is 0 Å². The summed E-state index contributed by atoms with van der Waals surface area (Å²) in [6.45, 7) is 9.64. The zero-order valence-electron chi connectivity index (χ0n) is 23.6. The van der Waals surface area contributed by atoms with E-state index in [9.17, 15) is 19.5 Å². The van der Waals surface area contributed by atoms with Gasteiger partial charge in [0.1, 0.15) is 29.7 Å². The quantitative estimate of drug-likeness (QED) is 0.210. The van der Waals surface area contributed by atoms with Crippen molar-refractivity contribution in [1.82, 2.24) is 24.8 Å². The largest absolute Gasteiger partial charge is 0.465 e. The smallest absolute Gasteiger partial charge is 0.312 e. The summed E-state index contributed by atoms with van der Waals surface area (Å²) < 4.78 is 14.1. The number of fused-ring (bicyclic) bond motifs is 2. The molecular formula is C30H39N5O6. The Bertz CT molecular complexity index is 1330. The molecule has 2 unspecified atom stereocenters. The Kier molecular flexibility index (Phi) is 8.28. The molecule has 0 saturated carbocycles. The number of aliphatic hydroxyl groups excluding tert-OH is 1. The Balaban J connectivity index is 1.47. The number of benzene rings is 1. The summed E-state index contributed by atoms with van der Waals surface area (Å²) in [5, 5.41) is 18.3. The average Bonchev–Trinajstić information content (AvgIpc) is 3.70. The van der Waals surface area contributed by atoms with Crippen molar-refractivity contribution in [2.24, 2.45) is 11.8 Å². The Morgan fingerprint density at radius 2 is 2.05 bits per heavy atom. The van der Waals surface area contributed by atoms with Gasteiger partial charge in [-0.3, -0.25) is 14.4 Å². The summed E-state index contributed by atoms with van der Waals surface area (Å²) in [4.78, 5) is 45.0. The van der Waals surface area contributed by atoms with E-state index >= 15 is 0 Å². The van der Waals surface area contributed by atoms with Gasteiger partial charge in [-0.05, 0) is 50.7 Å². The number of aromatic nitrogens is 3. The van der Waals surface area contributed by atoms with E-state index in [1.54, 1.807) is 15.7 Å². The lowest BCUT2D eigenvalue weighted by molar-refractivity contribution is -0.162. The molecule has 1 N–H and O–H groups in total. The van der Waals surface area contributed by atoms with Gasteiger partial charge in [-0.2, -0.15) is 0 Å². The number of carbonyl (C=O) groups is 3. The number of ether oxygens (including phenoxy) is 2. The molecule has 3 fully saturated rings. The van der Waals surface area contributed by atoms with Crippen LogP contribution in [0, 0.1) is 11.8 Å². The molecule has 1 spiro atoms. The fraction of sp³-hybridized carbons (Fsp3) is 0.567. The highest BCUT2D eigenvalue weighted by molar-refractivity contribution is 5.98. The molecule has 0 aliphatic carbocycles. The molecule has 4 heterocycles. The Morgan fingerprint density at radius 1 is 1.24 bits per heavy atom. The van der Waals surface area contributed by atoms with Crippen LogP contribution in [-0.2, 0) is 30.5 Å². The average molecular weight is 566 g/mol. The molecule has 0 radical (unpaired) electrons. The summed E-state index contributed by atoms with van der Waals surface area (Å²) in [6.07, 6.45) is 7.32. The van der Waals surface area contributed by atoms with Gasteiger partial charge in [-0.1, -0.05) is 36.4 Å². The molecule has 3 aliphatic heterocycles. The number of rotatable bonds is 14. The maximum atomic E-state index is 14.4. The summed E-state index contributed by atoms with van der Waals surface area (Å²) in [7, 11) is 0. The predicted octanol–water partition coefficient (Wildman–Crippen LogP) is 2.45. The van der Waals surface area contributed by atoms with Crippen LogP contribution >= 0.6 is 0 Å². The van der Waals surface area contributed by atoms with Crippen molar-refractivity contribution in [3.63, 3.8) is 0 Å². The van der Waals surface area contributed by atoms with Gasteiger partial charge >= 0.3 is 5.97 Å². The predicted molar refractivity (Wildman–Crippen MR) is 150 cm³/mol. The van der Waals surface area contributed by atoms with Gasteiger partial charge in [0.05, 0.1) is 30.2 Å². The van der Waals surface area contributed by atoms with Crippen LogP contribution in [0.4, 0.5) is 0 Å². The number of amides is 2. The van der Waals surface area contributed by atoms with Crippen molar-refractivity contribution >= 4 is 28.8 Å². The van der Waals surface area contributed by atoms with Crippen LogP contribution < -0.4 is 0 Å². The number of unbranched alkanes of at least 4 members (excludes halogenated alkanes) is 2. The van der Waals surface area contributed by atoms with Crippen LogP contribution in [0.5, 0.6) is 0 Å². The van der Waals surface area contributed by atoms with E-state index in [1.165, 1.54) is 4.90 Å². The first kappa shape index (κ1) is 28.9. The SMILES string of the molecule is C=CCCCCOC(=O)[C@H]1[C@H]2C(=O)N(CCO)C(C(=O)N(CC=C)Cn3nnc4ccccc43)C23CC[C@]1(CC)O3. The minimum absolute atomic E-state index is 0.0481. The lowest BCUT2D eigenvalue weighted by Gasteiger charge is -2.36. The van der Waals surface area contributed by atoms with E-state index in [-0.39, 0.29) is 44.8 Å². The van der Waals surface area contributed by atoms with Crippen LogP contribution in [-0.4, -0.2) is 91.2 Å². The number of hydrogen-bond donors (Lipinski definition) is 1. The molecule has 3 aliphatic rings. The van der Waals surface area contributed by atoms with Crippen molar-refractivity contribution in [2.45, 2.75) is 69.4 Å². The fourth-order valence-electron chi connectivity index (χ4n) is 7.09. The van der Waals surface area contributed by atoms with Crippen molar-refractivity contribution < 1.29 is 29.0 Å². The van der Waals surface area contributed by atoms with Crippen molar-refractivity contribution in [2.75, 3.05) is 26.3 Å². The van der Waals surface area contributed by atoms with E-state index in [2.05, 4.69) is 23.5 Å². The molecule has 2 aromatic rings. The standard InChI is InChI=1S/C30H39N5O6/c1-4-7-8-11-19-40-28(39)24-23-26(37)34(17-18-36)25(30(23)15-14-29(24,6-3)41-30)27(38)33(16-5-2)20-35-22-13-10-9-12-21(22)31-32-35/h4-5,9-10,12-13,23-25,36H,1-2,6-8,11,14-20H2,3H3/t23-,24+,25?,29-,30?/m0/s1. The first-order valence-electron chi connectivity index (χ1n) is 14.4. The number of nitrogens with zero attached hydrogens (tertiary/aromatic N) is 5. The number of aliphatic hydroxyl groups is 1. The monoisotopic (exact) mass is 565 g/mol. The van der Waals surface area contributed by atoms with E-state index < -0.39 is 35.0 Å². The first-order chi connectivity index (χ1) is 19.9. The molecule has 220 valence electrons. The number of carbonyl (C=O) groups excluding carboxylic acids is 3. The van der Waals surface area contributed by atoms with Crippen molar-refractivity contribution in [1.29, 1.82) is 0 Å². The van der Waals surface area contributed by atoms with Crippen molar-refractivity contribution in [3.05, 3.63) is 49.6 Å². The topological polar surface area (TPSA) is 127 Å². The second-order valence-corrected chi connectivity index (χ2v) is 11.1. The molecule has 3 saturated heterocycles. The molecule has 41 heavy (non-hydrogen) atoms. The van der Waals surface area contributed by atoms with Crippen LogP contribution in [0.2, 0.25) is 0 Å². The first-order valence-corrected chi connectivity index (χ1v) is 14.4. The number of hydrogen-bond acceptors (Lipinski definition) is 8. The molecule has 5 rings (SSSR count). The Morgan fingerprint density at radius 3 is 2.78 bits per heavy atom. The Labute approximate surface area is 239 Å². The number of β-amino-alcohol motifs (C(OH)–C–C–N with tert-alkyl or cyclic N) is 1. The second kappa shape index (κ2) is 11.7. The normalized spacial score (nSPS) is 28.2. The highest BCUT2D eigenvalue weighted by atomic mass is 16.6. The molecule has 11 nitrogen and oxygen atoms in total. The molecule has 2 bridgehead atoms. The van der Waals surface area contributed by atoms with Gasteiger partial charge in [0.15, 0.2) is 0 Å². The zero-order chi connectivity index (χ0) is 29.2. The fourth-order valence-corrected chi connectivity index (χ4v) is 7.09. The third kappa shape index (κ3) is 4.74. The summed E-state index contributed by atoms with van der Waals surface area (Å²) in [5.41, 5.74) is -0.619. The molecular weight excluding hydrogens is 526 g/mol. The van der Waals surface area contributed by atoms with Crippen LogP contribution in [0.1, 0.15) is 45.4 Å². The highest BCUT2D eigenvalue weighted by Crippen LogP contribution is 2.64. The van der Waals surface area contributed by atoms with Crippen LogP contribution in [0.25, 0.3) is 11.0 Å². The third-order valence-corrected chi connectivity index (χ3v) is 8.94. The van der Waals surface area contributed by atoms with Gasteiger partial charge in [0.2, 0.25) is 11.8 Å². The van der Waals surface area contributed by atoms with Gasteiger partial charge in [-0.15, -0.1) is 18.3 Å². The molecule has 5 atom stereocenters. The van der Waals surface area contributed by atoms with Crippen molar-refractivity contribution in [3.8, 4) is 0 Å². The number of allylic oxidation sites excluding steroid dienone is 1. The summed E-state index contributed by atoms with van der Waals surface area (Å²) in [6, 6.07) is 6.44. The number of para-hydroxylation sites is 1. The van der Waals surface area contributed by atoms with E-state index in [1.807, 2.05) is 37.3 Å². The summed E-state index contributed by atoms with van der Waals surface area (Å²) >= 11 is 0. The lowest BCUT2D eigenvalue weighted by Crippen LogP contribution is -2.56. The number of likely N-dealkylation sites (tertiary alicyclic amines) is 1. The molecule has 11 heteroatoms. The Hall–Kier alpha value is -3.57. The van der Waals surface area contributed by atoms with Gasteiger partial charge in [0.25, 0.3) is 0 Å². The van der Waals surface area contributed by atoms with E-state index in [4.69, 9.17) is 9.47 Å². The van der Waals surface area contributed by atoms with Gasteiger partial charge in [-0.25, -0.2) is 4.68 Å². The molecule has 1 aromatic carbocycles. The minimum atomic E-state index is -1.20. The highest BCUT2D eigenvalue weighted by Gasteiger charge is 2.79. The second-order valence-electron chi connectivity index (χ2n) is 11.1. The van der Waals surface area contributed by atoms with Gasteiger partial charge in [0, 0.05) is 13.1 Å². The minimum Gasteiger partial charge on any atom is -0.465 e.